The summed E-state index contributed by atoms with van der Waals surface area (Å²) in [5, 5.41) is 0. The number of hydrogen-bond acceptors (Lipinski definition) is 4. The van der Waals surface area contributed by atoms with E-state index >= 15 is 0 Å². The van der Waals surface area contributed by atoms with Gasteiger partial charge in [0.25, 0.3) is 5.91 Å². The summed E-state index contributed by atoms with van der Waals surface area (Å²) < 4.78 is 23.9. The van der Waals surface area contributed by atoms with Gasteiger partial charge in [-0.3, -0.25) is 9.36 Å². The molecule has 1 saturated heterocycles. The minimum absolute atomic E-state index is 0.0383. The first-order valence-electron chi connectivity index (χ1n) is 9.12. The van der Waals surface area contributed by atoms with Crippen molar-refractivity contribution in [2.75, 3.05) is 32.5 Å². The van der Waals surface area contributed by atoms with Crippen LogP contribution in [0.2, 0.25) is 0 Å². The predicted molar refractivity (Wildman–Crippen MR) is 99.9 cm³/mol. The summed E-state index contributed by atoms with van der Waals surface area (Å²) in [6, 6.07) is 9.33. The third-order valence-corrected chi connectivity index (χ3v) is 6.98. The van der Waals surface area contributed by atoms with Crippen molar-refractivity contribution in [3.63, 3.8) is 0 Å². The van der Waals surface area contributed by atoms with Crippen molar-refractivity contribution in [1.82, 2.24) is 4.90 Å². The number of rotatable bonds is 8. The van der Waals surface area contributed by atoms with E-state index in [0.717, 1.165) is 0 Å². The molecule has 1 heterocycles. The van der Waals surface area contributed by atoms with E-state index < -0.39 is 7.60 Å². The third-order valence-electron chi connectivity index (χ3n) is 4.77. The van der Waals surface area contributed by atoms with Gasteiger partial charge in [0.05, 0.1) is 19.4 Å². The summed E-state index contributed by atoms with van der Waals surface area (Å²) in [7, 11) is -3.11. The van der Waals surface area contributed by atoms with Crippen LogP contribution in [-0.2, 0) is 13.6 Å². The van der Waals surface area contributed by atoms with Gasteiger partial charge in [0.2, 0.25) is 0 Å². The molecule has 25 heavy (non-hydrogen) atoms. The highest BCUT2D eigenvalue weighted by Crippen LogP contribution is 2.52. The molecule has 0 saturated carbocycles. The number of amides is 1. The zero-order valence-corrected chi connectivity index (χ0v) is 16.6. The zero-order valence-electron chi connectivity index (χ0n) is 15.7. The lowest BCUT2D eigenvalue weighted by molar-refractivity contribution is 0.0781. The second kappa shape index (κ2) is 8.98. The van der Waals surface area contributed by atoms with Crippen molar-refractivity contribution in [2.45, 2.75) is 27.7 Å². The average molecular weight is 367 g/mol. The predicted octanol–water partition coefficient (Wildman–Crippen LogP) is 4.30. The smallest absolute Gasteiger partial charge is 0.331 e. The molecular weight excluding hydrogens is 337 g/mol. The minimum atomic E-state index is -3.11. The first-order valence-corrected chi connectivity index (χ1v) is 10.9. The standard InChI is InChI=1S/C19H30NO4P/c1-5-23-25(22,24-6-2)14-17-12-20(13-18(17)15(3)4)19(21)16-10-8-7-9-11-16/h7-11,15,17-18H,5-6,12-14H2,1-4H3. The summed E-state index contributed by atoms with van der Waals surface area (Å²) >= 11 is 0. The SMILES string of the molecule is CCOP(=O)(CC1CN(C(=O)c2ccccc2)CC1C(C)C)OCC. The maximum atomic E-state index is 12.9. The molecule has 2 rings (SSSR count). The fourth-order valence-electron chi connectivity index (χ4n) is 3.60. The Balaban J connectivity index is 2.14. The molecule has 1 aromatic carbocycles. The van der Waals surface area contributed by atoms with Crippen molar-refractivity contribution in [3.05, 3.63) is 35.9 Å². The van der Waals surface area contributed by atoms with Crippen LogP contribution in [0.1, 0.15) is 38.1 Å². The van der Waals surface area contributed by atoms with Crippen LogP contribution in [0.5, 0.6) is 0 Å². The van der Waals surface area contributed by atoms with Gasteiger partial charge in [0.15, 0.2) is 0 Å². The van der Waals surface area contributed by atoms with Crippen molar-refractivity contribution in [2.24, 2.45) is 17.8 Å². The number of benzene rings is 1. The summed E-state index contributed by atoms with van der Waals surface area (Å²) in [6.45, 7) is 9.97. The van der Waals surface area contributed by atoms with Crippen molar-refractivity contribution in [3.8, 4) is 0 Å². The Labute approximate surface area is 151 Å². The average Bonchev–Trinajstić information content (AvgIpc) is 2.99. The van der Waals surface area contributed by atoms with E-state index in [0.29, 0.717) is 49.9 Å². The second-order valence-corrected chi connectivity index (χ2v) is 8.98. The number of nitrogens with zero attached hydrogens (tertiary/aromatic N) is 1. The molecule has 0 N–H and O–H groups in total. The van der Waals surface area contributed by atoms with Crippen LogP contribution in [-0.4, -0.2) is 43.3 Å². The van der Waals surface area contributed by atoms with E-state index in [2.05, 4.69) is 13.8 Å². The lowest BCUT2D eigenvalue weighted by Crippen LogP contribution is -2.29. The van der Waals surface area contributed by atoms with E-state index in [4.69, 9.17) is 9.05 Å². The summed E-state index contributed by atoms with van der Waals surface area (Å²) in [4.78, 5) is 14.7. The maximum absolute atomic E-state index is 12.9. The lowest BCUT2D eigenvalue weighted by atomic mass is 9.87. The molecule has 1 aliphatic heterocycles. The molecular formula is C19H30NO4P. The van der Waals surface area contributed by atoms with Gasteiger partial charge in [-0.25, -0.2) is 0 Å². The van der Waals surface area contributed by atoms with Crippen molar-refractivity contribution < 1.29 is 18.4 Å². The van der Waals surface area contributed by atoms with Crippen LogP contribution in [0.4, 0.5) is 0 Å². The Morgan fingerprint density at radius 2 is 1.76 bits per heavy atom. The maximum Gasteiger partial charge on any atom is 0.331 e. The van der Waals surface area contributed by atoms with E-state index in [-0.39, 0.29) is 11.8 Å². The summed E-state index contributed by atoms with van der Waals surface area (Å²) in [5.74, 6) is 0.852. The van der Waals surface area contributed by atoms with Gasteiger partial charge in [-0.15, -0.1) is 0 Å². The minimum Gasteiger partial charge on any atom is -0.338 e. The summed E-state index contributed by atoms with van der Waals surface area (Å²) in [5.41, 5.74) is 0.698. The van der Waals surface area contributed by atoms with Gasteiger partial charge in [0, 0.05) is 18.7 Å². The van der Waals surface area contributed by atoms with Crippen LogP contribution >= 0.6 is 7.60 Å². The Kier molecular flexibility index (Phi) is 7.24. The highest BCUT2D eigenvalue weighted by atomic mass is 31.2. The molecule has 2 atom stereocenters. The first-order chi connectivity index (χ1) is 11.9. The second-order valence-electron chi connectivity index (χ2n) is 6.87. The molecule has 0 spiro atoms. The molecule has 1 amide bonds. The van der Waals surface area contributed by atoms with Crippen LogP contribution in [0, 0.1) is 17.8 Å². The molecule has 6 heteroatoms. The number of carbonyl (C=O) groups excluding carboxylic acids is 1. The Bertz CT molecular complexity index is 595. The van der Waals surface area contributed by atoms with E-state index in [9.17, 15) is 9.36 Å². The zero-order chi connectivity index (χ0) is 18.4. The fourth-order valence-corrected chi connectivity index (χ4v) is 5.63. The monoisotopic (exact) mass is 367 g/mol. The Morgan fingerprint density at radius 1 is 1.16 bits per heavy atom. The molecule has 1 aliphatic rings. The Morgan fingerprint density at radius 3 is 2.28 bits per heavy atom. The van der Waals surface area contributed by atoms with Crippen molar-refractivity contribution in [1.29, 1.82) is 0 Å². The molecule has 5 nitrogen and oxygen atoms in total. The first kappa shape index (κ1) is 20.2. The molecule has 0 bridgehead atoms. The molecule has 1 aromatic rings. The molecule has 0 aliphatic carbocycles. The van der Waals surface area contributed by atoms with Crippen LogP contribution < -0.4 is 0 Å². The Hall–Kier alpha value is -1.16. The number of hydrogen-bond donors (Lipinski definition) is 0. The van der Waals surface area contributed by atoms with E-state index in [1.165, 1.54) is 0 Å². The molecule has 140 valence electrons. The molecule has 1 fully saturated rings. The van der Waals surface area contributed by atoms with Gasteiger partial charge in [-0.2, -0.15) is 0 Å². The molecule has 0 aromatic heterocycles. The van der Waals surface area contributed by atoms with Gasteiger partial charge in [-0.1, -0.05) is 32.0 Å². The van der Waals surface area contributed by atoms with Gasteiger partial charge >= 0.3 is 7.60 Å². The van der Waals surface area contributed by atoms with Gasteiger partial charge < -0.3 is 13.9 Å². The quantitative estimate of drug-likeness (QED) is 0.643. The van der Waals surface area contributed by atoms with Gasteiger partial charge in [0.1, 0.15) is 0 Å². The highest BCUT2D eigenvalue weighted by molar-refractivity contribution is 7.53. The third kappa shape index (κ3) is 5.16. The van der Waals surface area contributed by atoms with Gasteiger partial charge in [-0.05, 0) is 43.7 Å². The van der Waals surface area contributed by atoms with Crippen LogP contribution in [0.25, 0.3) is 0 Å². The van der Waals surface area contributed by atoms with Crippen LogP contribution in [0.15, 0.2) is 30.3 Å². The van der Waals surface area contributed by atoms with E-state index in [1.54, 1.807) is 0 Å². The number of carbonyl (C=O) groups is 1. The fraction of sp³-hybridized carbons (Fsp3) is 0.632. The van der Waals surface area contributed by atoms with Crippen LogP contribution in [0.3, 0.4) is 0 Å². The largest absolute Gasteiger partial charge is 0.338 e. The van der Waals surface area contributed by atoms with Crippen molar-refractivity contribution >= 4 is 13.5 Å². The normalized spacial score (nSPS) is 21.1. The summed E-state index contributed by atoms with van der Waals surface area (Å²) in [6.07, 6.45) is 0.371. The lowest BCUT2D eigenvalue weighted by Gasteiger charge is -2.25. The highest BCUT2D eigenvalue weighted by Gasteiger charge is 2.41. The van der Waals surface area contributed by atoms with E-state index in [1.807, 2.05) is 49.1 Å². The topological polar surface area (TPSA) is 55.8 Å². The number of likely N-dealkylation sites (tertiary alicyclic amines) is 1. The molecule has 2 unspecified atom stereocenters. The molecule has 0 radical (unpaired) electrons.